The Labute approximate surface area is 154 Å². The molecule has 3 aliphatic rings. The first-order valence-corrected chi connectivity index (χ1v) is 9.55. The van der Waals surface area contributed by atoms with Crippen molar-refractivity contribution >= 4 is 21.6 Å². The number of nitrogens with zero attached hydrogens (tertiary/aromatic N) is 2. The number of benzene rings is 2. The van der Waals surface area contributed by atoms with Gasteiger partial charge in [0.15, 0.2) is 5.72 Å². The maximum Gasteiger partial charge on any atom is 0.198 e. The summed E-state index contributed by atoms with van der Waals surface area (Å²) in [5, 5.41) is 7.15. The summed E-state index contributed by atoms with van der Waals surface area (Å²) in [6.45, 7) is 0. The SMILES string of the molecule is Fc1ccc(C2=NN3[C@@H](C2)c2cc(Br)ccc2OC32CCCC2)cc1. The van der Waals surface area contributed by atoms with Gasteiger partial charge < -0.3 is 4.74 Å². The van der Waals surface area contributed by atoms with Crippen LogP contribution >= 0.6 is 15.9 Å². The lowest BCUT2D eigenvalue weighted by molar-refractivity contribution is -0.114. The van der Waals surface area contributed by atoms with E-state index in [4.69, 9.17) is 9.84 Å². The summed E-state index contributed by atoms with van der Waals surface area (Å²) >= 11 is 3.58. The van der Waals surface area contributed by atoms with Gasteiger partial charge in [-0.1, -0.05) is 28.1 Å². The minimum Gasteiger partial charge on any atom is -0.466 e. The van der Waals surface area contributed by atoms with Crippen molar-refractivity contribution in [1.82, 2.24) is 5.01 Å². The predicted octanol–water partition coefficient (Wildman–Crippen LogP) is 5.40. The normalized spacial score (nSPS) is 23.2. The summed E-state index contributed by atoms with van der Waals surface area (Å²) in [6.07, 6.45) is 5.14. The summed E-state index contributed by atoms with van der Waals surface area (Å²) < 4.78 is 20.8. The topological polar surface area (TPSA) is 24.8 Å². The second-order valence-corrected chi connectivity index (χ2v) is 7.97. The standard InChI is InChI=1S/C20H18BrFN2O/c21-14-5-8-19-16(11-14)18-12-17(13-3-6-15(22)7-4-13)23-24(18)20(25-19)9-1-2-10-20/h3-8,11,18H,1-2,9-10,12H2/t18-/m0/s1. The van der Waals surface area contributed by atoms with Gasteiger partial charge in [0.05, 0.1) is 11.8 Å². The van der Waals surface area contributed by atoms with Crippen molar-refractivity contribution in [3.8, 4) is 5.75 Å². The molecule has 0 aromatic heterocycles. The molecule has 0 saturated heterocycles. The minimum absolute atomic E-state index is 0.180. The van der Waals surface area contributed by atoms with E-state index in [1.807, 2.05) is 18.2 Å². The van der Waals surface area contributed by atoms with Crippen molar-refractivity contribution in [1.29, 1.82) is 0 Å². The van der Waals surface area contributed by atoms with Crippen LogP contribution in [0.3, 0.4) is 0 Å². The smallest absolute Gasteiger partial charge is 0.198 e. The summed E-state index contributed by atoms with van der Waals surface area (Å²) in [5.74, 6) is 0.756. The molecular weight excluding hydrogens is 383 g/mol. The minimum atomic E-state index is -0.326. The average Bonchev–Trinajstić information content (AvgIpc) is 3.25. The van der Waals surface area contributed by atoms with Crippen LogP contribution < -0.4 is 4.74 Å². The number of ether oxygens (including phenoxy) is 1. The van der Waals surface area contributed by atoms with Crippen molar-refractivity contribution in [3.63, 3.8) is 0 Å². The van der Waals surface area contributed by atoms with Gasteiger partial charge in [-0.05, 0) is 48.7 Å². The van der Waals surface area contributed by atoms with Crippen molar-refractivity contribution in [2.24, 2.45) is 5.10 Å². The fourth-order valence-corrected chi connectivity index (χ4v) is 4.71. The van der Waals surface area contributed by atoms with Gasteiger partial charge in [-0.3, -0.25) is 0 Å². The van der Waals surface area contributed by atoms with Crippen LogP contribution in [0.5, 0.6) is 5.75 Å². The van der Waals surface area contributed by atoms with Crippen molar-refractivity contribution < 1.29 is 9.13 Å². The molecule has 1 atom stereocenters. The Kier molecular flexibility index (Phi) is 3.42. The van der Waals surface area contributed by atoms with Crippen molar-refractivity contribution in [2.45, 2.75) is 43.9 Å². The highest BCUT2D eigenvalue weighted by molar-refractivity contribution is 9.10. The van der Waals surface area contributed by atoms with E-state index in [-0.39, 0.29) is 17.6 Å². The zero-order valence-electron chi connectivity index (χ0n) is 13.7. The first-order valence-electron chi connectivity index (χ1n) is 8.76. The fourth-order valence-electron chi connectivity index (χ4n) is 4.33. The molecule has 0 radical (unpaired) electrons. The van der Waals surface area contributed by atoms with E-state index in [0.29, 0.717) is 0 Å². The zero-order chi connectivity index (χ0) is 17.0. The maximum absolute atomic E-state index is 13.3. The molecule has 1 saturated carbocycles. The van der Waals surface area contributed by atoms with Crippen LogP contribution in [0.15, 0.2) is 52.0 Å². The number of hydrogen-bond donors (Lipinski definition) is 0. The van der Waals surface area contributed by atoms with Crippen LogP contribution in [-0.2, 0) is 0 Å². The molecule has 0 N–H and O–H groups in total. The molecular formula is C20H18BrFN2O. The van der Waals surface area contributed by atoms with E-state index < -0.39 is 0 Å². The third-order valence-electron chi connectivity index (χ3n) is 5.52. The first kappa shape index (κ1) is 15.4. The predicted molar refractivity (Wildman–Crippen MR) is 98.1 cm³/mol. The van der Waals surface area contributed by atoms with Crippen LogP contribution in [0, 0.1) is 5.82 Å². The monoisotopic (exact) mass is 400 g/mol. The summed E-state index contributed by atoms with van der Waals surface area (Å²) in [4.78, 5) is 0. The highest BCUT2D eigenvalue weighted by atomic mass is 79.9. The molecule has 1 spiro atoms. The second kappa shape index (κ2) is 5.56. The van der Waals surface area contributed by atoms with E-state index in [9.17, 15) is 4.39 Å². The number of hydrazone groups is 1. The van der Waals surface area contributed by atoms with Gasteiger partial charge in [-0.15, -0.1) is 0 Å². The third-order valence-corrected chi connectivity index (χ3v) is 6.01. The molecule has 2 aromatic rings. The third kappa shape index (κ3) is 2.40. The Hall–Kier alpha value is -1.88. The number of halogens is 2. The average molecular weight is 401 g/mol. The Bertz CT molecular complexity index is 858. The van der Waals surface area contributed by atoms with Crippen LogP contribution in [0.4, 0.5) is 4.39 Å². The molecule has 5 rings (SSSR count). The lowest BCUT2D eigenvalue weighted by atomic mass is 9.94. The van der Waals surface area contributed by atoms with Crippen LogP contribution in [0.1, 0.15) is 49.3 Å². The van der Waals surface area contributed by atoms with Gasteiger partial charge in [0, 0.05) is 29.3 Å². The zero-order valence-corrected chi connectivity index (χ0v) is 15.3. The Morgan fingerprint density at radius 1 is 1.12 bits per heavy atom. The summed E-state index contributed by atoms with van der Waals surface area (Å²) in [6, 6.07) is 13.0. The van der Waals surface area contributed by atoms with Crippen molar-refractivity contribution in [2.75, 3.05) is 0 Å². The summed E-state index contributed by atoms with van der Waals surface area (Å²) in [5.41, 5.74) is 2.84. The molecule has 2 heterocycles. The van der Waals surface area contributed by atoms with Gasteiger partial charge in [-0.25, -0.2) is 9.40 Å². The molecule has 25 heavy (non-hydrogen) atoms. The number of fused-ring (bicyclic) bond motifs is 4. The van der Waals surface area contributed by atoms with Crippen molar-refractivity contribution in [3.05, 3.63) is 63.9 Å². The number of hydrogen-bond acceptors (Lipinski definition) is 3. The lowest BCUT2D eigenvalue weighted by Gasteiger charge is -2.45. The fraction of sp³-hybridized carbons (Fsp3) is 0.350. The lowest BCUT2D eigenvalue weighted by Crippen LogP contribution is -2.51. The quantitative estimate of drug-likeness (QED) is 0.639. The molecule has 1 aliphatic carbocycles. The molecule has 2 aliphatic heterocycles. The van der Waals surface area contributed by atoms with Gasteiger partial charge >= 0.3 is 0 Å². The van der Waals surface area contributed by atoms with Crippen LogP contribution in [0.25, 0.3) is 0 Å². The summed E-state index contributed by atoms with van der Waals surface area (Å²) in [7, 11) is 0. The first-order chi connectivity index (χ1) is 12.1. The molecule has 0 bridgehead atoms. The maximum atomic E-state index is 13.3. The van der Waals surface area contributed by atoms with E-state index in [1.54, 1.807) is 0 Å². The van der Waals surface area contributed by atoms with Gasteiger partial charge in [0.25, 0.3) is 0 Å². The number of rotatable bonds is 1. The van der Waals surface area contributed by atoms with E-state index in [1.165, 1.54) is 17.7 Å². The van der Waals surface area contributed by atoms with Gasteiger partial charge in [0.2, 0.25) is 0 Å². The molecule has 1 fully saturated rings. The second-order valence-electron chi connectivity index (χ2n) is 7.06. The Morgan fingerprint density at radius 2 is 1.88 bits per heavy atom. The van der Waals surface area contributed by atoms with Gasteiger partial charge in [0.1, 0.15) is 11.6 Å². The van der Waals surface area contributed by atoms with Gasteiger partial charge in [-0.2, -0.15) is 5.10 Å². The highest BCUT2D eigenvalue weighted by Gasteiger charge is 2.51. The van der Waals surface area contributed by atoms with E-state index in [0.717, 1.165) is 53.6 Å². The molecule has 3 nitrogen and oxygen atoms in total. The molecule has 128 valence electrons. The Balaban J connectivity index is 1.60. The highest BCUT2D eigenvalue weighted by Crippen LogP contribution is 2.52. The van der Waals surface area contributed by atoms with Crippen LogP contribution in [-0.4, -0.2) is 16.4 Å². The van der Waals surface area contributed by atoms with Crippen LogP contribution in [0.2, 0.25) is 0 Å². The van der Waals surface area contributed by atoms with E-state index in [2.05, 4.69) is 33.1 Å². The van der Waals surface area contributed by atoms with E-state index >= 15 is 0 Å². The molecule has 5 heteroatoms. The largest absolute Gasteiger partial charge is 0.466 e. The molecule has 2 aromatic carbocycles. The Morgan fingerprint density at radius 3 is 2.64 bits per heavy atom. The molecule has 0 amide bonds. The molecule has 0 unspecified atom stereocenters.